The molecule has 94 valence electrons. The van der Waals surface area contributed by atoms with Crippen molar-refractivity contribution in [1.29, 1.82) is 0 Å². The van der Waals surface area contributed by atoms with Crippen LogP contribution >= 0.6 is 0 Å². The Balaban J connectivity index is 2.31. The van der Waals surface area contributed by atoms with E-state index in [1.54, 1.807) is 0 Å². The number of urea groups is 1. The largest absolute Gasteiger partial charge is 0.335 e. The summed E-state index contributed by atoms with van der Waals surface area (Å²) >= 11 is 0. The normalized spacial score (nSPS) is 13.8. The highest BCUT2D eigenvalue weighted by molar-refractivity contribution is 5.74. The number of carbonyl (C=O) groups is 1. The van der Waals surface area contributed by atoms with E-state index in [9.17, 15) is 4.79 Å². The predicted octanol–water partition coefficient (Wildman–Crippen LogP) is 1.47. The molecule has 1 rings (SSSR count). The molecule has 1 aromatic carbocycles. The van der Waals surface area contributed by atoms with Crippen LogP contribution in [0.2, 0.25) is 0 Å². The van der Waals surface area contributed by atoms with Crippen molar-refractivity contribution in [3.05, 3.63) is 35.9 Å². The van der Waals surface area contributed by atoms with Crippen LogP contribution in [-0.4, -0.2) is 18.6 Å². The maximum absolute atomic E-state index is 11.6. The summed E-state index contributed by atoms with van der Waals surface area (Å²) in [5, 5.41) is 5.69. The van der Waals surface area contributed by atoms with Crippen LogP contribution in [0.1, 0.15) is 19.4 Å². The molecule has 0 saturated carbocycles. The Bertz CT molecular complexity index is 340. The summed E-state index contributed by atoms with van der Waals surface area (Å²) in [5.41, 5.74) is 6.63. The fraction of sp³-hybridized carbons (Fsp3) is 0.462. The standard InChI is InChI=1S/C13H21N3O/c1-10(8-14)11(2)16-13(17)15-9-12-6-4-3-5-7-12/h3-7,10-11H,8-9,14H2,1-2H3,(H2,15,16,17). The van der Waals surface area contributed by atoms with E-state index in [0.29, 0.717) is 13.1 Å². The van der Waals surface area contributed by atoms with Gasteiger partial charge in [0.25, 0.3) is 0 Å². The molecule has 0 fully saturated rings. The molecule has 0 aliphatic heterocycles. The molecule has 4 heteroatoms. The number of nitrogens with two attached hydrogens (primary N) is 1. The van der Waals surface area contributed by atoms with E-state index in [-0.39, 0.29) is 18.0 Å². The Morgan fingerprint density at radius 1 is 1.29 bits per heavy atom. The number of rotatable bonds is 5. The van der Waals surface area contributed by atoms with Crippen LogP contribution in [0.4, 0.5) is 4.79 Å². The third kappa shape index (κ3) is 4.87. The predicted molar refractivity (Wildman–Crippen MR) is 69.5 cm³/mol. The zero-order chi connectivity index (χ0) is 12.7. The molecule has 4 nitrogen and oxygen atoms in total. The number of benzene rings is 1. The van der Waals surface area contributed by atoms with Crippen molar-refractivity contribution >= 4 is 6.03 Å². The second kappa shape index (κ2) is 6.91. The van der Waals surface area contributed by atoms with E-state index in [0.717, 1.165) is 5.56 Å². The van der Waals surface area contributed by atoms with Crippen LogP contribution in [0.3, 0.4) is 0 Å². The van der Waals surface area contributed by atoms with Crippen molar-refractivity contribution < 1.29 is 4.79 Å². The van der Waals surface area contributed by atoms with E-state index in [1.807, 2.05) is 44.2 Å². The van der Waals surface area contributed by atoms with Crippen LogP contribution in [0.15, 0.2) is 30.3 Å². The third-order valence-electron chi connectivity index (χ3n) is 2.88. The van der Waals surface area contributed by atoms with Crippen LogP contribution in [0.25, 0.3) is 0 Å². The molecule has 2 unspecified atom stereocenters. The monoisotopic (exact) mass is 235 g/mol. The minimum absolute atomic E-state index is 0.0794. The van der Waals surface area contributed by atoms with E-state index in [4.69, 9.17) is 5.73 Å². The third-order valence-corrected chi connectivity index (χ3v) is 2.88. The van der Waals surface area contributed by atoms with E-state index in [1.165, 1.54) is 0 Å². The average molecular weight is 235 g/mol. The summed E-state index contributed by atoms with van der Waals surface area (Å²) in [6.07, 6.45) is 0. The summed E-state index contributed by atoms with van der Waals surface area (Å²) in [6.45, 7) is 5.08. The minimum Gasteiger partial charge on any atom is -0.335 e. The van der Waals surface area contributed by atoms with E-state index >= 15 is 0 Å². The molecule has 0 bridgehead atoms. The Morgan fingerprint density at radius 3 is 2.53 bits per heavy atom. The lowest BCUT2D eigenvalue weighted by Crippen LogP contribution is -2.44. The number of nitrogens with one attached hydrogen (secondary N) is 2. The van der Waals surface area contributed by atoms with Gasteiger partial charge in [-0.2, -0.15) is 0 Å². The first-order valence-electron chi connectivity index (χ1n) is 5.92. The summed E-state index contributed by atoms with van der Waals surface area (Å²) in [7, 11) is 0. The number of hydrogen-bond acceptors (Lipinski definition) is 2. The zero-order valence-corrected chi connectivity index (χ0v) is 10.4. The van der Waals surface area contributed by atoms with Gasteiger partial charge in [-0.15, -0.1) is 0 Å². The molecule has 0 aromatic heterocycles. The summed E-state index contributed by atoms with van der Waals surface area (Å²) in [4.78, 5) is 11.6. The molecule has 0 heterocycles. The fourth-order valence-corrected chi connectivity index (χ4v) is 1.38. The van der Waals surface area contributed by atoms with Crippen LogP contribution in [-0.2, 0) is 6.54 Å². The first-order valence-corrected chi connectivity index (χ1v) is 5.92. The van der Waals surface area contributed by atoms with Gasteiger partial charge >= 0.3 is 6.03 Å². The van der Waals surface area contributed by atoms with Crippen LogP contribution < -0.4 is 16.4 Å². The smallest absolute Gasteiger partial charge is 0.315 e. The van der Waals surface area contributed by atoms with E-state index < -0.39 is 0 Å². The maximum atomic E-state index is 11.6. The van der Waals surface area contributed by atoms with Crippen molar-refractivity contribution in [3.8, 4) is 0 Å². The average Bonchev–Trinajstić information content (AvgIpc) is 2.36. The van der Waals surface area contributed by atoms with Gasteiger partial charge in [-0.1, -0.05) is 37.3 Å². The van der Waals surface area contributed by atoms with Crippen molar-refractivity contribution in [3.63, 3.8) is 0 Å². The molecule has 0 aliphatic rings. The van der Waals surface area contributed by atoms with Crippen molar-refractivity contribution in [2.24, 2.45) is 11.7 Å². The molecule has 0 spiro atoms. The lowest BCUT2D eigenvalue weighted by atomic mass is 10.0. The zero-order valence-electron chi connectivity index (χ0n) is 10.4. The summed E-state index contributed by atoms with van der Waals surface area (Å²) in [6, 6.07) is 9.74. The molecule has 1 aromatic rings. The van der Waals surface area contributed by atoms with Gasteiger partial charge in [-0.25, -0.2) is 4.79 Å². The van der Waals surface area contributed by atoms with Gasteiger partial charge in [0.2, 0.25) is 0 Å². The topological polar surface area (TPSA) is 67.1 Å². The van der Waals surface area contributed by atoms with Gasteiger partial charge in [0.15, 0.2) is 0 Å². The summed E-state index contributed by atoms with van der Waals surface area (Å²) in [5.74, 6) is 0.275. The Labute approximate surface area is 103 Å². The van der Waals surface area contributed by atoms with Gasteiger partial charge in [-0.05, 0) is 24.9 Å². The lowest BCUT2D eigenvalue weighted by Gasteiger charge is -2.19. The Morgan fingerprint density at radius 2 is 1.94 bits per heavy atom. The molecule has 0 radical (unpaired) electrons. The second-order valence-electron chi connectivity index (χ2n) is 4.31. The van der Waals surface area contributed by atoms with E-state index in [2.05, 4.69) is 10.6 Å². The van der Waals surface area contributed by atoms with Gasteiger partial charge in [0.1, 0.15) is 0 Å². The second-order valence-corrected chi connectivity index (χ2v) is 4.31. The number of amides is 2. The summed E-state index contributed by atoms with van der Waals surface area (Å²) < 4.78 is 0. The quantitative estimate of drug-likeness (QED) is 0.723. The number of carbonyl (C=O) groups excluding carboxylic acids is 1. The number of hydrogen-bond donors (Lipinski definition) is 3. The van der Waals surface area contributed by atoms with Gasteiger partial charge < -0.3 is 16.4 Å². The molecule has 0 aliphatic carbocycles. The van der Waals surface area contributed by atoms with Crippen molar-refractivity contribution in [2.45, 2.75) is 26.4 Å². The molecule has 2 atom stereocenters. The van der Waals surface area contributed by atoms with Gasteiger partial charge in [0.05, 0.1) is 0 Å². The highest BCUT2D eigenvalue weighted by atomic mass is 16.2. The fourth-order valence-electron chi connectivity index (χ4n) is 1.38. The first kappa shape index (κ1) is 13.5. The molecule has 4 N–H and O–H groups in total. The van der Waals surface area contributed by atoms with Crippen molar-refractivity contribution in [1.82, 2.24) is 10.6 Å². The molecular formula is C13H21N3O. The molecule has 17 heavy (non-hydrogen) atoms. The highest BCUT2D eigenvalue weighted by Gasteiger charge is 2.12. The van der Waals surface area contributed by atoms with Crippen LogP contribution in [0.5, 0.6) is 0 Å². The maximum Gasteiger partial charge on any atom is 0.315 e. The minimum atomic E-state index is -0.151. The Hall–Kier alpha value is -1.55. The highest BCUT2D eigenvalue weighted by Crippen LogP contribution is 2.00. The van der Waals surface area contributed by atoms with Gasteiger partial charge in [0, 0.05) is 12.6 Å². The lowest BCUT2D eigenvalue weighted by molar-refractivity contribution is 0.233. The van der Waals surface area contributed by atoms with Crippen LogP contribution in [0, 0.1) is 5.92 Å². The Kier molecular flexibility index (Phi) is 5.49. The van der Waals surface area contributed by atoms with Gasteiger partial charge in [-0.3, -0.25) is 0 Å². The molecule has 0 saturated heterocycles. The first-order chi connectivity index (χ1) is 8.13. The molecular weight excluding hydrogens is 214 g/mol. The SMILES string of the molecule is CC(CN)C(C)NC(=O)NCc1ccccc1. The van der Waals surface area contributed by atoms with Crippen molar-refractivity contribution in [2.75, 3.05) is 6.54 Å². The molecule has 2 amide bonds.